The number of hydrogen-bond acceptors (Lipinski definition) is 9. The van der Waals surface area contributed by atoms with Crippen LogP contribution < -0.4 is 10.5 Å². The predicted molar refractivity (Wildman–Crippen MR) is 170 cm³/mol. The molecule has 5 rings (SSSR count). The molecule has 0 fully saturated rings. The van der Waals surface area contributed by atoms with E-state index in [0.717, 1.165) is 28.7 Å². The number of Topliss-reactive ketones (excluding diaryl/α,β-unsaturated/α-hetero) is 1. The molecule has 4 atom stereocenters. The number of allylic oxidation sites excluding steroid dienone is 2. The molecule has 0 radical (unpaired) electrons. The molecule has 0 saturated heterocycles. The lowest BCUT2D eigenvalue weighted by atomic mass is 9.85. The van der Waals surface area contributed by atoms with E-state index in [-0.39, 0.29) is 57.6 Å². The van der Waals surface area contributed by atoms with Crippen LogP contribution >= 0.6 is 21.6 Å². The Bertz CT molecular complexity index is 1550. The van der Waals surface area contributed by atoms with Gasteiger partial charge in [-0.05, 0) is 71.0 Å². The second-order valence-electron chi connectivity index (χ2n) is 10.6. The molecule has 2 aromatic carbocycles. The van der Waals surface area contributed by atoms with Crippen LogP contribution in [0.25, 0.3) is 6.08 Å². The van der Waals surface area contributed by atoms with E-state index in [9.17, 15) is 19.8 Å². The summed E-state index contributed by atoms with van der Waals surface area (Å²) in [7, 11) is 4.85. The van der Waals surface area contributed by atoms with Crippen LogP contribution in [-0.2, 0) is 9.59 Å². The number of ether oxygens (including phenoxy) is 1. The molecule has 0 saturated carbocycles. The van der Waals surface area contributed by atoms with Crippen LogP contribution in [0.3, 0.4) is 0 Å². The highest BCUT2D eigenvalue weighted by atomic mass is 33.1. The average molecular weight is 603 g/mol. The van der Waals surface area contributed by atoms with Crippen molar-refractivity contribution in [3.63, 3.8) is 0 Å². The monoisotopic (exact) mass is 602 g/mol. The third kappa shape index (κ3) is 6.52. The number of carbonyl (C=O) groups excluding carboxylic acids is 2. The smallest absolute Gasteiger partial charge is 0.163 e. The van der Waals surface area contributed by atoms with Gasteiger partial charge < -0.3 is 20.7 Å². The third-order valence-electron chi connectivity index (χ3n) is 7.86. The largest absolute Gasteiger partial charge is 0.508 e. The minimum Gasteiger partial charge on any atom is -0.508 e. The van der Waals surface area contributed by atoms with E-state index in [2.05, 4.69) is 24.1 Å². The number of aromatic hydroxyl groups is 2. The number of hydrogen-bond donors (Lipinski definition) is 3. The van der Waals surface area contributed by atoms with Gasteiger partial charge in [0.05, 0.1) is 18.8 Å². The molecule has 1 aromatic heterocycles. The second kappa shape index (κ2) is 13.1. The van der Waals surface area contributed by atoms with E-state index in [4.69, 9.17) is 10.5 Å². The first-order chi connectivity index (χ1) is 20.3. The number of benzene rings is 2. The lowest BCUT2D eigenvalue weighted by Crippen LogP contribution is -2.18. The normalized spacial score (nSPS) is 24.3. The minimum atomic E-state index is -0.332. The summed E-state index contributed by atoms with van der Waals surface area (Å²) in [5, 5.41) is 21.0. The van der Waals surface area contributed by atoms with E-state index in [1.807, 2.05) is 18.2 Å². The molecule has 0 unspecified atom stereocenters. The number of methoxy groups -OCH3 is 1. The first-order valence-electron chi connectivity index (χ1n) is 14.0. The van der Waals surface area contributed by atoms with Gasteiger partial charge in [-0.1, -0.05) is 65.3 Å². The SMILES string of the molecule is CC[C@H]1CCC(=O)CC(=O)/C=C/c2cc(OC)c(O)cc2[C@@H]2/C=C\[C@H]1SS[C@@H](c1cccc(O)c1)c1cc2cnc1N. The number of phenols is 2. The number of ketones is 2. The zero-order valence-electron chi connectivity index (χ0n) is 23.5. The van der Waals surface area contributed by atoms with Crippen molar-refractivity contribution in [1.82, 2.24) is 4.98 Å². The fourth-order valence-electron chi connectivity index (χ4n) is 5.52. The van der Waals surface area contributed by atoms with Crippen molar-refractivity contribution < 1.29 is 24.5 Å². The molecule has 4 N–H and O–H groups in total. The van der Waals surface area contributed by atoms with Crippen molar-refractivity contribution in [1.29, 1.82) is 0 Å². The predicted octanol–water partition coefficient (Wildman–Crippen LogP) is 6.99. The Balaban J connectivity index is 1.75. The second-order valence-corrected chi connectivity index (χ2v) is 13.2. The molecular formula is C33H34N2O5S2. The van der Waals surface area contributed by atoms with Gasteiger partial charge in [-0.3, -0.25) is 9.59 Å². The van der Waals surface area contributed by atoms with E-state index in [0.29, 0.717) is 24.2 Å². The molecule has 42 heavy (non-hydrogen) atoms. The van der Waals surface area contributed by atoms with E-state index >= 15 is 0 Å². The number of pyridine rings is 1. The van der Waals surface area contributed by atoms with Crippen LogP contribution in [0.1, 0.15) is 71.6 Å². The van der Waals surface area contributed by atoms with Crippen LogP contribution in [0.5, 0.6) is 17.2 Å². The van der Waals surface area contributed by atoms with Crippen molar-refractivity contribution in [2.45, 2.75) is 49.0 Å². The van der Waals surface area contributed by atoms with Crippen molar-refractivity contribution >= 4 is 45.0 Å². The molecule has 4 bridgehead atoms. The molecule has 0 spiro atoms. The van der Waals surface area contributed by atoms with Gasteiger partial charge in [0.2, 0.25) is 0 Å². The summed E-state index contributed by atoms with van der Waals surface area (Å²) >= 11 is 0. The number of nitrogens with zero attached hydrogens (tertiary/aromatic N) is 1. The average Bonchev–Trinajstić information content (AvgIpc) is 2.97. The summed E-state index contributed by atoms with van der Waals surface area (Å²) in [6.07, 6.45) is 10.9. The highest BCUT2D eigenvalue weighted by Crippen LogP contribution is 2.50. The van der Waals surface area contributed by atoms with Crippen molar-refractivity contribution in [2.24, 2.45) is 5.92 Å². The number of phenolic OH excluding ortho intramolecular Hbond substituents is 2. The van der Waals surface area contributed by atoms with Gasteiger partial charge in [-0.25, -0.2) is 4.98 Å². The lowest BCUT2D eigenvalue weighted by Gasteiger charge is -2.28. The molecule has 2 aliphatic rings. The number of rotatable bonds is 3. The summed E-state index contributed by atoms with van der Waals surface area (Å²) in [4.78, 5) is 30.1. The van der Waals surface area contributed by atoms with Gasteiger partial charge in [0.1, 0.15) is 17.4 Å². The maximum absolute atomic E-state index is 12.8. The number of carbonyl (C=O) groups is 2. The summed E-state index contributed by atoms with van der Waals surface area (Å²) in [5.74, 6) is 0.342. The summed E-state index contributed by atoms with van der Waals surface area (Å²) in [6.45, 7) is 2.12. The van der Waals surface area contributed by atoms with Crippen LogP contribution in [0.15, 0.2) is 66.9 Å². The maximum Gasteiger partial charge on any atom is 0.163 e. The number of aromatic nitrogens is 1. The fourth-order valence-corrected chi connectivity index (χ4v) is 8.97. The highest BCUT2D eigenvalue weighted by molar-refractivity contribution is 8.77. The van der Waals surface area contributed by atoms with Gasteiger partial charge in [0, 0.05) is 29.3 Å². The molecule has 1 aliphatic carbocycles. The van der Waals surface area contributed by atoms with Gasteiger partial charge in [-0.15, -0.1) is 0 Å². The number of nitrogen functional groups attached to an aromatic ring is 1. The molecule has 9 heteroatoms. The van der Waals surface area contributed by atoms with Gasteiger partial charge in [-0.2, -0.15) is 0 Å². The first kappa shape index (κ1) is 29.8. The van der Waals surface area contributed by atoms with Crippen LogP contribution in [0, 0.1) is 5.92 Å². The lowest BCUT2D eigenvalue weighted by molar-refractivity contribution is -0.124. The number of nitrogens with two attached hydrogens (primary N) is 1. The standard InChI is InChI=1S/C33H34N2O5S2/c1-3-19-7-9-24(37)16-25(38)10-8-20-15-30(40-2)29(39)17-27(20)26-11-12-31(19)41-42-32(21-5-4-6-23(36)13-21)28-14-22(26)18-35-33(28)34/h4-6,8,10-15,17-19,26,31-32,36,39H,3,7,9,16H2,1-2H3,(H2,34,35)/b10-8+,12-11-/t19-,26+,31+,32-/m0/s1. The van der Waals surface area contributed by atoms with Gasteiger partial charge in [0.15, 0.2) is 17.3 Å². The van der Waals surface area contributed by atoms with E-state index < -0.39 is 0 Å². The summed E-state index contributed by atoms with van der Waals surface area (Å²) in [6, 6.07) is 12.6. The topological polar surface area (TPSA) is 123 Å². The molecule has 2 heterocycles. The zero-order valence-corrected chi connectivity index (χ0v) is 25.2. The first-order valence-corrected chi connectivity index (χ1v) is 16.2. The Hall–Kier alpha value is -3.69. The molecule has 1 aliphatic heterocycles. The number of anilines is 1. The molecular weight excluding hydrogens is 569 g/mol. The van der Waals surface area contributed by atoms with Crippen LogP contribution in [0.2, 0.25) is 0 Å². The Kier molecular flexibility index (Phi) is 9.28. The Morgan fingerprint density at radius 3 is 2.62 bits per heavy atom. The van der Waals surface area contributed by atoms with Crippen LogP contribution in [0.4, 0.5) is 5.82 Å². The summed E-state index contributed by atoms with van der Waals surface area (Å²) in [5.41, 5.74) is 10.5. The summed E-state index contributed by atoms with van der Waals surface area (Å²) < 4.78 is 5.39. The highest BCUT2D eigenvalue weighted by Gasteiger charge is 2.29. The minimum absolute atomic E-state index is 0.0213. The van der Waals surface area contributed by atoms with Crippen molar-refractivity contribution in [2.75, 3.05) is 12.8 Å². The van der Waals surface area contributed by atoms with Crippen molar-refractivity contribution in [3.8, 4) is 17.2 Å². The molecule has 0 amide bonds. The van der Waals surface area contributed by atoms with Crippen molar-refractivity contribution in [3.05, 3.63) is 94.7 Å². The Morgan fingerprint density at radius 2 is 1.86 bits per heavy atom. The zero-order chi connectivity index (χ0) is 29.8. The quantitative estimate of drug-likeness (QED) is 0.165. The van der Waals surface area contributed by atoms with Crippen LogP contribution in [-0.4, -0.2) is 39.1 Å². The Labute approximate surface area is 253 Å². The van der Waals surface area contributed by atoms with Gasteiger partial charge in [0.25, 0.3) is 0 Å². The fraction of sp³-hybridized carbons (Fsp3) is 0.303. The molecule has 7 nitrogen and oxygen atoms in total. The van der Waals surface area contributed by atoms with E-state index in [1.54, 1.807) is 58.1 Å². The Morgan fingerprint density at radius 1 is 1.02 bits per heavy atom. The van der Waals surface area contributed by atoms with E-state index in [1.165, 1.54) is 13.2 Å². The maximum atomic E-state index is 12.8. The van der Waals surface area contributed by atoms with Gasteiger partial charge >= 0.3 is 0 Å². The molecule has 218 valence electrons. The third-order valence-corrected chi connectivity index (χ3v) is 11.0. The number of fused-ring (bicyclic) bond motifs is 7. The molecule has 3 aromatic rings.